The summed E-state index contributed by atoms with van der Waals surface area (Å²) in [6.07, 6.45) is 0. The Morgan fingerprint density at radius 1 is 1.12 bits per heavy atom. The molecule has 2 aliphatic rings. The third-order valence-corrected chi connectivity index (χ3v) is 6.63. The predicted octanol–water partition coefficient (Wildman–Crippen LogP) is 1.15. The van der Waals surface area contributed by atoms with Crippen LogP contribution in [0.5, 0.6) is 0 Å². The molecule has 4 amide bonds. The number of carbonyl (C=O) groups is 3. The largest absolute Gasteiger partial charge is 0.353 e. The molecule has 2 saturated heterocycles. The van der Waals surface area contributed by atoms with Crippen molar-refractivity contribution >= 4 is 47.0 Å². The Morgan fingerprint density at radius 2 is 1.81 bits per heavy atom. The number of urea groups is 1. The summed E-state index contributed by atoms with van der Waals surface area (Å²) in [4.78, 5) is 52.5. The zero-order valence-corrected chi connectivity index (χ0v) is 20.3. The number of amides is 4. The predicted molar refractivity (Wildman–Crippen MR) is 124 cm³/mol. The zero-order chi connectivity index (χ0) is 23.3. The molecule has 10 nitrogen and oxygen atoms in total. The number of halogens is 1. The van der Waals surface area contributed by atoms with E-state index in [0.29, 0.717) is 68.5 Å². The molecular formula is C20H30ClN7O3S. The van der Waals surface area contributed by atoms with Crippen molar-refractivity contribution in [2.75, 3.05) is 63.0 Å². The normalized spacial score (nSPS) is 19.2. The van der Waals surface area contributed by atoms with Crippen molar-refractivity contribution in [1.29, 1.82) is 0 Å². The molecule has 0 bridgehead atoms. The van der Waals surface area contributed by atoms with Crippen LogP contribution in [0, 0.1) is 0 Å². The SMILES string of the molecule is CCNC(=O)N1CCN(c2cc(Cl)nc(SCC(=O)N3CCN(C(C)=O)CC3)n2)CC1C. The van der Waals surface area contributed by atoms with Crippen LogP contribution in [-0.4, -0.2) is 107 Å². The molecule has 0 aliphatic carbocycles. The monoisotopic (exact) mass is 483 g/mol. The lowest BCUT2D eigenvalue weighted by atomic mass is 10.2. The van der Waals surface area contributed by atoms with Crippen LogP contribution in [0.4, 0.5) is 10.6 Å². The van der Waals surface area contributed by atoms with E-state index in [0.717, 1.165) is 0 Å². The van der Waals surface area contributed by atoms with Crippen LogP contribution in [0.3, 0.4) is 0 Å². The quantitative estimate of drug-likeness (QED) is 0.381. The fourth-order valence-corrected chi connectivity index (χ4v) is 4.80. The van der Waals surface area contributed by atoms with Crippen LogP contribution in [0.2, 0.25) is 5.15 Å². The van der Waals surface area contributed by atoms with Gasteiger partial charge in [-0.2, -0.15) is 0 Å². The van der Waals surface area contributed by atoms with E-state index in [2.05, 4.69) is 20.2 Å². The number of hydrogen-bond donors (Lipinski definition) is 1. The van der Waals surface area contributed by atoms with E-state index in [1.807, 2.05) is 18.7 Å². The molecule has 2 aliphatic heterocycles. The highest BCUT2D eigenvalue weighted by Gasteiger charge is 2.28. The molecule has 0 aromatic carbocycles. The summed E-state index contributed by atoms with van der Waals surface area (Å²) >= 11 is 7.49. The summed E-state index contributed by atoms with van der Waals surface area (Å²) in [5.41, 5.74) is 0. The lowest BCUT2D eigenvalue weighted by Gasteiger charge is -2.40. The average Bonchev–Trinajstić information content (AvgIpc) is 2.77. The zero-order valence-electron chi connectivity index (χ0n) is 18.7. The maximum atomic E-state index is 12.6. The number of nitrogens with one attached hydrogen (secondary N) is 1. The van der Waals surface area contributed by atoms with E-state index in [9.17, 15) is 14.4 Å². The van der Waals surface area contributed by atoms with E-state index in [-0.39, 0.29) is 29.6 Å². The molecule has 176 valence electrons. The third kappa shape index (κ3) is 6.16. The summed E-state index contributed by atoms with van der Waals surface area (Å²) in [6.45, 7) is 10.1. The van der Waals surface area contributed by atoms with Gasteiger partial charge >= 0.3 is 6.03 Å². The number of hydrogen-bond acceptors (Lipinski definition) is 7. The van der Waals surface area contributed by atoms with E-state index in [4.69, 9.17) is 11.6 Å². The van der Waals surface area contributed by atoms with Gasteiger partial charge in [0.25, 0.3) is 0 Å². The number of thioether (sulfide) groups is 1. The highest BCUT2D eigenvalue weighted by Crippen LogP contribution is 2.24. The molecule has 2 fully saturated rings. The Bertz CT molecular complexity index is 850. The standard InChI is InChI=1S/C20H30ClN7O3S/c1-4-22-20(31)28-10-9-27(12-14(28)2)17-11-16(21)23-19(24-17)32-13-18(30)26-7-5-25(6-8-26)15(3)29/h11,14H,4-10,12-13H2,1-3H3,(H,22,31). The van der Waals surface area contributed by atoms with Crippen LogP contribution in [0.1, 0.15) is 20.8 Å². The Labute approximate surface area is 197 Å². The summed E-state index contributed by atoms with van der Waals surface area (Å²) in [6, 6.07) is 1.68. The van der Waals surface area contributed by atoms with Gasteiger partial charge in [0.1, 0.15) is 11.0 Å². The Balaban J connectivity index is 1.56. The minimum atomic E-state index is -0.0562. The Morgan fingerprint density at radius 3 is 2.44 bits per heavy atom. The van der Waals surface area contributed by atoms with Gasteiger partial charge in [0.15, 0.2) is 5.16 Å². The summed E-state index contributed by atoms with van der Waals surface area (Å²) in [5.74, 6) is 0.929. The van der Waals surface area contributed by atoms with Gasteiger partial charge < -0.3 is 24.9 Å². The highest BCUT2D eigenvalue weighted by molar-refractivity contribution is 7.99. The van der Waals surface area contributed by atoms with Crippen molar-refractivity contribution in [3.05, 3.63) is 11.2 Å². The van der Waals surface area contributed by atoms with Gasteiger partial charge in [-0.25, -0.2) is 14.8 Å². The lowest BCUT2D eigenvalue weighted by molar-refractivity contribution is -0.136. The first kappa shape index (κ1) is 24.4. The number of rotatable bonds is 5. The molecule has 3 rings (SSSR count). The van der Waals surface area contributed by atoms with Crippen molar-refractivity contribution in [3.8, 4) is 0 Å². The van der Waals surface area contributed by atoms with Crippen molar-refractivity contribution in [2.45, 2.75) is 32.0 Å². The lowest BCUT2D eigenvalue weighted by Crippen LogP contribution is -2.56. The molecule has 1 unspecified atom stereocenters. The average molecular weight is 484 g/mol. The second kappa shape index (κ2) is 11.0. The third-order valence-electron chi connectivity index (χ3n) is 5.60. The van der Waals surface area contributed by atoms with Gasteiger partial charge in [-0.1, -0.05) is 23.4 Å². The smallest absolute Gasteiger partial charge is 0.317 e. The van der Waals surface area contributed by atoms with Crippen LogP contribution in [-0.2, 0) is 9.59 Å². The number of carbonyl (C=O) groups excluding carboxylic acids is 3. The molecule has 3 heterocycles. The number of anilines is 1. The molecule has 0 radical (unpaired) electrons. The van der Waals surface area contributed by atoms with E-state index < -0.39 is 0 Å². The molecule has 1 atom stereocenters. The van der Waals surface area contributed by atoms with E-state index in [1.165, 1.54) is 11.8 Å². The van der Waals surface area contributed by atoms with Crippen molar-refractivity contribution in [3.63, 3.8) is 0 Å². The maximum absolute atomic E-state index is 12.6. The topological polar surface area (TPSA) is 102 Å². The van der Waals surface area contributed by atoms with Gasteiger partial charge in [0, 0.05) is 71.4 Å². The van der Waals surface area contributed by atoms with Gasteiger partial charge in [0.05, 0.1) is 5.75 Å². The molecule has 1 N–H and O–H groups in total. The van der Waals surface area contributed by atoms with Crippen LogP contribution >= 0.6 is 23.4 Å². The first-order chi connectivity index (χ1) is 15.3. The van der Waals surface area contributed by atoms with Crippen LogP contribution in [0.25, 0.3) is 0 Å². The first-order valence-corrected chi connectivity index (χ1v) is 12.1. The van der Waals surface area contributed by atoms with Crippen molar-refractivity contribution in [2.24, 2.45) is 0 Å². The molecule has 0 saturated carbocycles. The molecule has 12 heteroatoms. The van der Waals surface area contributed by atoms with Crippen LogP contribution < -0.4 is 10.2 Å². The number of piperazine rings is 2. The van der Waals surface area contributed by atoms with E-state index in [1.54, 1.807) is 22.8 Å². The molecule has 1 aromatic heterocycles. The van der Waals surface area contributed by atoms with Crippen molar-refractivity contribution < 1.29 is 14.4 Å². The maximum Gasteiger partial charge on any atom is 0.317 e. The number of nitrogens with zero attached hydrogens (tertiary/aromatic N) is 6. The second-order valence-corrected chi connectivity index (χ2v) is 9.16. The minimum Gasteiger partial charge on any atom is -0.353 e. The molecule has 1 aromatic rings. The van der Waals surface area contributed by atoms with E-state index >= 15 is 0 Å². The van der Waals surface area contributed by atoms with Gasteiger partial charge in [0.2, 0.25) is 11.8 Å². The summed E-state index contributed by atoms with van der Waals surface area (Å²) < 4.78 is 0. The summed E-state index contributed by atoms with van der Waals surface area (Å²) in [5, 5.41) is 3.61. The fraction of sp³-hybridized carbons (Fsp3) is 0.650. The molecule has 0 spiro atoms. The molecule has 32 heavy (non-hydrogen) atoms. The van der Waals surface area contributed by atoms with Gasteiger partial charge in [-0.15, -0.1) is 0 Å². The number of aromatic nitrogens is 2. The second-order valence-electron chi connectivity index (χ2n) is 7.83. The minimum absolute atomic E-state index is 0.00694. The Hall–Kier alpha value is -2.27. The van der Waals surface area contributed by atoms with Gasteiger partial charge in [-0.3, -0.25) is 9.59 Å². The first-order valence-electron chi connectivity index (χ1n) is 10.8. The summed E-state index contributed by atoms with van der Waals surface area (Å²) in [7, 11) is 0. The van der Waals surface area contributed by atoms with Gasteiger partial charge in [-0.05, 0) is 13.8 Å². The van der Waals surface area contributed by atoms with Crippen LogP contribution in [0.15, 0.2) is 11.2 Å². The Kier molecular flexibility index (Phi) is 8.41. The highest BCUT2D eigenvalue weighted by atomic mass is 35.5. The van der Waals surface area contributed by atoms with Crippen molar-refractivity contribution in [1.82, 2.24) is 30.0 Å². The molecular weight excluding hydrogens is 454 g/mol. The fourth-order valence-electron chi connectivity index (χ4n) is 3.82.